The molecular weight excluding hydrogens is 344 g/mol. The van der Waals surface area contributed by atoms with Crippen LogP contribution in [0.2, 0.25) is 0 Å². The van der Waals surface area contributed by atoms with E-state index in [9.17, 15) is 0 Å². The molecule has 5 rings (SSSR count). The van der Waals surface area contributed by atoms with E-state index >= 15 is 0 Å². The molecule has 8 nitrogen and oxygen atoms in total. The van der Waals surface area contributed by atoms with Crippen LogP contribution in [0.25, 0.3) is 27.3 Å². The van der Waals surface area contributed by atoms with Crippen molar-refractivity contribution in [1.29, 1.82) is 0 Å². The van der Waals surface area contributed by atoms with Gasteiger partial charge >= 0.3 is 0 Å². The maximum atomic E-state index is 4.56. The summed E-state index contributed by atoms with van der Waals surface area (Å²) in [6, 6.07) is 5.77. The Labute approximate surface area is 143 Å². The number of benzene rings is 1. The summed E-state index contributed by atoms with van der Waals surface area (Å²) in [7, 11) is 0. The average molecular weight is 352 g/mol. The number of nitrogens with zero attached hydrogens (tertiary/aromatic N) is 7. The molecule has 4 heterocycles. The van der Waals surface area contributed by atoms with Crippen LogP contribution in [0.4, 0.5) is 11.6 Å². The first-order valence-electron chi connectivity index (χ1n) is 6.96. The summed E-state index contributed by atoms with van der Waals surface area (Å²) in [5.74, 6) is 0.497. The van der Waals surface area contributed by atoms with Gasteiger partial charge in [-0.1, -0.05) is 0 Å². The average Bonchev–Trinajstić information content (AvgIpc) is 3.33. The van der Waals surface area contributed by atoms with Crippen molar-refractivity contribution >= 4 is 51.4 Å². The van der Waals surface area contributed by atoms with Gasteiger partial charge in [0.1, 0.15) is 16.7 Å². The lowest BCUT2D eigenvalue weighted by Gasteiger charge is -1.99. The SMILES string of the molecule is c1cn2nc(Nc3ccc4nsnc4c3)nc2c(-c2cncs2)n1. The first kappa shape index (κ1) is 13.5. The second-order valence-electron chi connectivity index (χ2n) is 4.94. The Hall–Kier alpha value is -2.98. The second kappa shape index (κ2) is 5.28. The maximum absolute atomic E-state index is 4.56. The fourth-order valence-electron chi connectivity index (χ4n) is 2.37. The van der Waals surface area contributed by atoms with Gasteiger partial charge in [0.25, 0.3) is 0 Å². The van der Waals surface area contributed by atoms with Crippen molar-refractivity contribution in [2.24, 2.45) is 0 Å². The van der Waals surface area contributed by atoms with Gasteiger partial charge in [-0.05, 0) is 18.2 Å². The highest BCUT2D eigenvalue weighted by Gasteiger charge is 2.12. The first-order valence-corrected chi connectivity index (χ1v) is 8.57. The van der Waals surface area contributed by atoms with Crippen molar-refractivity contribution in [3.8, 4) is 10.6 Å². The lowest BCUT2D eigenvalue weighted by atomic mass is 10.3. The van der Waals surface area contributed by atoms with Gasteiger partial charge in [0.15, 0.2) is 5.65 Å². The minimum absolute atomic E-state index is 0.497. The Balaban J connectivity index is 1.56. The van der Waals surface area contributed by atoms with E-state index in [4.69, 9.17) is 0 Å². The van der Waals surface area contributed by atoms with Gasteiger partial charge in [-0.2, -0.15) is 13.7 Å². The maximum Gasteiger partial charge on any atom is 0.247 e. The number of hydrogen-bond donors (Lipinski definition) is 1. The minimum atomic E-state index is 0.497. The van der Waals surface area contributed by atoms with Gasteiger partial charge in [-0.25, -0.2) is 9.50 Å². The number of nitrogens with one attached hydrogen (secondary N) is 1. The van der Waals surface area contributed by atoms with Gasteiger partial charge < -0.3 is 5.32 Å². The molecule has 0 spiro atoms. The molecular formula is C14H8N8S2. The Kier molecular flexibility index (Phi) is 2.96. The smallest absolute Gasteiger partial charge is 0.247 e. The van der Waals surface area contributed by atoms with Crippen LogP contribution in [0.15, 0.2) is 42.3 Å². The van der Waals surface area contributed by atoms with Crippen molar-refractivity contribution in [2.45, 2.75) is 0 Å². The third-order valence-electron chi connectivity index (χ3n) is 3.43. The number of fused-ring (bicyclic) bond motifs is 2. The molecule has 0 amide bonds. The molecule has 0 bridgehead atoms. The van der Waals surface area contributed by atoms with E-state index in [1.54, 1.807) is 28.6 Å². The Bertz CT molecular complexity index is 1140. The Morgan fingerprint density at radius 2 is 2.08 bits per heavy atom. The normalized spacial score (nSPS) is 11.3. The molecule has 0 saturated carbocycles. The van der Waals surface area contributed by atoms with Gasteiger partial charge in [0.2, 0.25) is 5.95 Å². The highest BCUT2D eigenvalue weighted by Crippen LogP contribution is 2.26. The molecule has 116 valence electrons. The highest BCUT2D eigenvalue weighted by atomic mass is 32.1. The van der Waals surface area contributed by atoms with Crippen LogP contribution in [0, 0.1) is 0 Å². The lowest BCUT2D eigenvalue weighted by Crippen LogP contribution is -1.93. The summed E-state index contributed by atoms with van der Waals surface area (Å²) in [6.45, 7) is 0. The third kappa shape index (κ3) is 2.20. The monoisotopic (exact) mass is 352 g/mol. The predicted molar refractivity (Wildman–Crippen MR) is 92.6 cm³/mol. The van der Waals surface area contributed by atoms with Crippen LogP contribution < -0.4 is 5.32 Å². The summed E-state index contributed by atoms with van der Waals surface area (Å²) < 4.78 is 10.1. The summed E-state index contributed by atoms with van der Waals surface area (Å²) in [5, 5.41) is 7.65. The van der Waals surface area contributed by atoms with Crippen LogP contribution in [-0.4, -0.2) is 33.3 Å². The van der Waals surface area contributed by atoms with Crippen molar-refractivity contribution in [3.05, 3.63) is 42.3 Å². The zero-order valence-corrected chi connectivity index (χ0v) is 13.6. The number of rotatable bonds is 3. The van der Waals surface area contributed by atoms with E-state index in [0.717, 1.165) is 27.3 Å². The Morgan fingerprint density at radius 1 is 1.12 bits per heavy atom. The van der Waals surface area contributed by atoms with Crippen molar-refractivity contribution in [3.63, 3.8) is 0 Å². The number of hydrogen-bond acceptors (Lipinski definition) is 9. The molecule has 5 aromatic rings. The molecule has 10 heteroatoms. The molecule has 0 aliphatic rings. The molecule has 0 unspecified atom stereocenters. The summed E-state index contributed by atoms with van der Waals surface area (Å²) in [6.07, 6.45) is 5.25. The quantitative estimate of drug-likeness (QED) is 0.533. The van der Waals surface area contributed by atoms with E-state index in [2.05, 4.69) is 34.1 Å². The van der Waals surface area contributed by atoms with Crippen molar-refractivity contribution < 1.29 is 0 Å². The highest BCUT2D eigenvalue weighted by molar-refractivity contribution is 7.13. The molecule has 24 heavy (non-hydrogen) atoms. The van der Waals surface area contributed by atoms with Gasteiger partial charge in [0, 0.05) is 24.3 Å². The van der Waals surface area contributed by atoms with Crippen molar-refractivity contribution in [2.75, 3.05) is 5.32 Å². The standard InChI is InChI=1S/C14H8N8S2/c1-2-9-10(21-24-20-9)5-8(1)17-14-18-13-12(11-6-15-7-23-11)16-3-4-22(13)19-14/h1-7H,(H,17,19). The van der Waals surface area contributed by atoms with Crippen LogP contribution in [-0.2, 0) is 0 Å². The minimum Gasteiger partial charge on any atom is -0.323 e. The second-order valence-corrected chi connectivity index (χ2v) is 6.35. The van der Waals surface area contributed by atoms with Crippen LogP contribution in [0.1, 0.15) is 0 Å². The molecule has 1 aromatic carbocycles. The number of anilines is 2. The van der Waals surface area contributed by atoms with E-state index in [-0.39, 0.29) is 0 Å². The summed E-state index contributed by atoms with van der Waals surface area (Å²) in [5.41, 5.74) is 5.80. The molecule has 0 aliphatic heterocycles. The lowest BCUT2D eigenvalue weighted by molar-refractivity contribution is 0.952. The van der Waals surface area contributed by atoms with Crippen LogP contribution in [0.3, 0.4) is 0 Å². The zero-order valence-electron chi connectivity index (χ0n) is 12.0. The van der Waals surface area contributed by atoms with Crippen LogP contribution >= 0.6 is 23.1 Å². The predicted octanol–water partition coefficient (Wildman–Crippen LogP) is 3.00. The molecule has 0 atom stereocenters. The molecule has 1 N–H and O–H groups in total. The number of aromatic nitrogens is 7. The molecule has 0 aliphatic carbocycles. The Morgan fingerprint density at radius 3 is 3.00 bits per heavy atom. The largest absolute Gasteiger partial charge is 0.323 e. The van der Waals surface area contributed by atoms with Gasteiger partial charge in [-0.3, -0.25) is 4.98 Å². The van der Waals surface area contributed by atoms with E-state index in [1.165, 1.54) is 23.1 Å². The fraction of sp³-hybridized carbons (Fsp3) is 0. The topological polar surface area (TPSA) is 93.8 Å². The fourth-order valence-corrected chi connectivity index (χ4v) is 3.50. The third-order valence-corrected chi connectivity index (χ3v) is 4.77. The molecule has 0 radical (unpaired) electrons. The van der Waals surface area contributed by atoms with Crippen molar-refractivity contribution in [1.82, 2.24) is 33.3 Å². The molecule has 0 fully saturated rings. The van der Waals surface area contributed by atoms with E-state index in [0.29, 0.717) is 11.6 Å². The summed E-state index contributed by atoms with van der Waals surface area (Å²) >= 11 is 2.71. The first-order chi connectivity index (χ1) is 11.9. The molecule has 4 aromatic heterocycles. The summed E-state index contributed by atoms with van der Waals surface area (Å²) in [4.78, 5) is 14.0. The van der Waals surface area contributed by atoms with E-state index < -0.39 is 0 Å². The zero-order chi connectivity index (χ0) is 15.9. The van der Waals surface area contributed by atoms with Gasteiger partial charge in [-0.15, -0.1) is 16.4 Å². The number of thiazole rings is 1. The van der Waals surface area contributed by atoms with E-state index in [1.807, 2.05) is 18.2 Å². The molecule has 0 saturated heterocycles. The van der Waals surface area contributed by atoms with Gasteiger partial charge in [0.05, 0.1) is 22.1 Å². The van der Waals surface area contributed by atoms with Crippen LogP contribution in [0.5, 0.6) is 0 Å².